The van der Waals surface area contributed by atoms with E-state index in [4.69, 9.17) is 0 Å². The molecule has 0 amide bonds. The first-order chi connectivity index (χ1) is 15.3. The first kappa shape index (κ1) is 24.3. The largest absolute Gasteiger partial charge is 0.396 e. The summed E-state index contributed by atoms with van der Waals surface area (Å²) in [7, 11) is 0. The molecule has 0 radical (unpaired) electrons. The van der Waals surface area contributed by atoms with Gasteiger partial charge in [0.2, 0.25) is 0 Å². The van der Waals surface area contributed by atoms with Gasteiger partial charge in [0.05, 0.1) is 12.2 Å². The Morgan fingerprint density at radius 1 is 0.879 bits per heavy atom. The molecule has 0 aromatic heterocycles. The molecular weight excluding hydrogens is 408 g/mol. The lowest BCUT2D eigenvalue weighted by atomic mass is 9.33. The van der Waals surface area contributed by atoms with Gasteiger partial charge in [-0.3, -0.25) is 0 Å². The highest BCUT2D eigenvalue weighted by Crippen LogP contribution is 2.75. The number of aliphatic hydroxyl groups excluding tert-OH is 3. The lowest BCUT2D eigenvalue weighted by molar-refractivity contribution is -0.208. The third-order valence-corrected chi connectivity index (χ3v) is 13.5. The lowest BCUT2D eigenvalue weighted by Crippen LogP contribution is -2.65. The quantitative estimate of drug-likeness (QED) is 0.424. The van der Waals surface area contributed by atoms with Crippen LogP contribution in [0.25, 0.3) is 0 Å². The number of allylic oxidation sites excluding steroid dienone is 2. The molecule has 0 heterocycles. The molecule has 3 N–H and O–H groups in total. The van der Waals surface area contributed by atoms with E-state index in [9.17, 15) is 15.3 Å². The van der Waals surface area contributed by atoms with E-state index in [0.29, 0.717) is 23.7 Å². The van der Waals surface area contributed by atoms with Gasteiger partial charge in [0, 0.05) is 12.0 Å². The Labute approximate surface area is 202 Å². The smallest absolute Gasteiger partial charge is 0.0594 e. The average Bonchev–Trinajstić information content (AvgIpc) is 2.75. The van der Waals surface area contributed by atoms with Crippen LogP contribution < -0.4 is 0 Å². The Morgan fingerprint density at radius 2 is 1.58 bits per heavy atom. The van der Waals surface area contributed by atoms with Crippen molar-refractivity contribution in [2.24, 2.45) is 56.7 Å². The minimum atomic E-state index is -0.300. The van der Waals surface area contributed by atoms with Gasteiger partial charge in [-0.1, -0.05) is 60.1 Å². The van der Waals surface area contributed by atoms with Gasteiger partial charge in [0.1, 0.15) is 0 Å². The van der Waals surface area contributed by atoms with E-state index in [-0.39, 0.29) is 51.8 Å². The van der Waals surface area contributed by atoms with Crippen LogP contribution >= 0.6 is 0 Å². The van der Waals surface area contributed by atoms with Crippen LogP contribution in [0, 0.1) is 56.7 Å². The second-order valence-corrected chi connectivity index (χ2v) is 14.7. The summed E-state index contributed by atoms with van der Waals surface area (Å²) < 4.78 is 0. The number of aliphatic hydroxyl groups is 3. The molecule has 0 spiro atoms. The molecule has 3 nitrogen and oxygen atoms in total. The second-order valence-electron chi connectivity index (χ2n) is 14.7. The second kappa shape index (κ2) is 7.32. The Bertz CT molecular complexity index is 832. The van der Waals surface area contributed by atoms with Gasteiger partial charge in [-0.05, 0) is 103 Å². The van der Waals surface area contributed by atoms with Crippen LogP contribution in [0.1, 0.15) is 99.8 Å². The van der Waals surface area contributed by atoms with Crippen LogP contribution in [0.2, 0.25) is 0 Å². The zero-order valence-electron chi connectivity index (χ0n) is 22.3. The van der Waals surface area contributed by atoms with Gasteiger partial charge in [0.15, 0.2) is 0 Å². The first-order valence-corrected chi connectivity index (χ1v) is 14.0. The Balaban J connectivity index is 1.59. The van der Waals surface area contributed by atoms with Crippen molar-refractivity contribution in [1.82, 2.24) is 0 Å². The van der Waals surface area contributed by atoms with Crippen LogP contribution in [-0.2, 0) is 0 Å². The van der Waals surface area contributed by atoms with Crippen molar-refractivity contribution in [2.75, 3.05) is 6.61 Å². The maximum absolute atomic E-state index is 10.9. The van der Waals surface area contributed by atoms with Crippen LogP contribution in [-0.4, -0.2) is 34.1 Å². The van der Waals surface area contributed by atoms with Crippen LogP contribution in [0.4, 0.5) is 0 Å². The molecule has 188 valence electrons. The molecule has 4 saturated carbocycles. The highest BCUT2D eigenvalue weighted by atomic mass is 16.3. The van der Waals surface area contributed by atoms with Crippen LogP contribution in [0.5, 0.6) is 0 Å². The summed E-state index contributed by atoms with van der Waals surface area (Å²) in [4.78, 5) is 0. The molecule has 0 bridgehead atoms. The van der Waals surface area contributed by atoms with E-state index >= 15 is 0 Å². The molecule has 11 atom stereocenters. The minimum Gasteiger partial charge on any atom is -0.396 e. The third-order valence-electron chi connectivity index (χ3n) is 13.5. The maximum atomic E-state index is 10.9. The van der Waals surface area contributed by atoms with Gasteiger partial charge in [0.25, 0.3) is 0 Å². The molecule has 0 aliphatic heterocycles. The molecule has 0 saturated heterocycles. The van der Waals surface area contributed by atoms with Crippen LogP contribution in [0.3, 0.4) is 0 Å². The van der Waals surface area contributed by atoms with Crippen LogP contribution in [0.15, 0.2) is 11.6 Å². The fourth-order valence-electron chi connectivity index (χ4n) is 11.0. The van der Waals surface area contributed by atoms with Crippen molar-refractivity contribution in [3.05, 3.63) is 11.6 Å². The third kappa shape index (κ3) is 2.85. The van der Waals surface area contributed by atoms with Crippen molar-refractivity contribution in [3.8, 4) is 0 Å². The summed E-state index contributed by atoms with van der Waals surface area (Å²) in [5.74, 6) is 2.27. The Morgan fingerprint density at radius 3 is 2.24 bits per heavy atom. The number of hydrogen-bond donors (Lipinski definition) is 3. The predicted molar refractivity (Wildman–Crippen MR) is 133 cm³/mol. The molecule has 33 heavy (non-hydrogen) atoms. The normalized spacial score (nSPS) is 57.8. The molecule has 4 fully saturated rings. The summed E-state index contributed by atoms with van der Waals surface area (Å²) in [6.45, 7) is 17.2. The fourth-order valence-corrected chi connectivity index (χ4v) is 11.0. The number of fused-ring (bicyclic) bond motifs is 7. The highest BCUT2D eigenvalue weighted by molar-refractivity contribution is 5.34. The summed E-state index contributed by atoms with van der Waals surface area (Å²) in [6, 6.07) is 0. The molecular formula is C30H50O3. The molecule has 0 aromatic carbocycles. The molecule has 5 aliphatic carbocycles. The molecule has 5 aliphatic rings. The zero-order valence-corrected chi connectivity index (χ0v) is 22.3. The van der Waals surface area contributed by atoms with Gasteiger partial charge >= 0.3 is 0 Å². The number of rotatable bonds is 1. The lowest BCUT2D eigenvalue weighted by Gasteiger charge is -2.71. The van der Waals surface area contributed by atoms with E-state index in [1.54, 1.807) is 5.57 Å². The topological polar surface area (TPSA) is 60.7 Å². The van der Waals surface area contributed by atoms with E-state index < -0.39 is 0 Å². The Kier molecular flexibility index (Phi) is 5.40. The molecule has 0 aromatic rings. The van der Waals surface area contributed by atoms with Gasteiger partial charge in [-0.2, -0.15) is 0 Å². The summed E-state index contributed by atoms with van der Waals surface area (Å²) in [6.07, 6.45) is 10.7. The molecule has 11 unspecified atom stereocenters. The monoisotopic (exact) mass is 458 g/mol. The van der Waals surface area contributed by atoms with Crippen molar-refractivity contribution in [1.29, 1.82) is 0 Å². The van der Waals surface area contributed by atoms with Gasteiger partial charge in [-0.25, -0.2) is 0 Å². The van der Waals surface area contributed by atoms with E-state index in [0.717, 1.165) is 38.5 Å². The first-order valence-electron chi connectivity index (χ1n) is 14.0. The van der Waals surface area contributed by atoms with E-state index in [1.165, 1.54) is 12.8 Å². The molecule has 5 rings (SSSR count). The summed E-state index contributed by atoms with van der Waals surface area (Å²) >= 11 is 0. The SMILES string of the molecule is CC1C(O)CC2(CO)CCC3(C)C(=CCC4C5(C)CCC(O)C(C)(C)C5CCC43C)C2C1C. The minimum absolute atomic E-state index is 0.0126. The van der Waals surface area contributed by atoms with E-state index in [2.05, 4.69) is 54.5 Å². The predicted octanol–water partition coefficient (Wildman–Crippen LogP) is 5.97. The maximum Gasteiger partial charge on any atom is 0.0594 e. The summed E-state index contributed by atoms with van der Waals surface area (Å²) in [5, 5.41) is 32.4. The van der Waals surface area contributed by atoms with Crippen molar-refractivity contribution in [3.63, 3.8) is 0 Å². The standard InChI is InChI=1S/C30H50O3/c1-18-19(2)25-20-8-9-23-27(5)12-11-24(33)26(3,4)22(27)10-13-29(23,7)28(20,6)14-15-30(25,17-31)16-21(18)32/h8,18-19,21-25,31-33H,9-17H2,1-7H3. The van der Waals surface area contributed by atoms with Gasteiger partial charge < -0.3 is 15.3 Å². The van der Waals surface area contributed by atoms with E-state index in [1.807, 2.05) is 0 Å². The average molecular weight is 459 g/mol. The number of hydrogen-bond acceptors (Lipinski definition) is 3. The Hall–Kier alpha value is -0.380. The van der Waals surface area contributed by atoms with Crippen molar-refractivity contribution in [2.45, 2.75) is 112 Å². The molecule has 3 heteroatoms. The fraction of sp³-hybridized carbons (Fsp3) is 0.933. The van der Waals surface area contributed by atoms with Gasteiger partial charge in [-0.15, -0.1) is 0 Å². The highest BCUT2D eigenvalue weighted by Gasteiger charge is 2.68. The summed E-state index contributed by atoms with van der Waals surface area (Å²) in [5.41, 5.74) is 2.14. The van der Waals surface area contributed by atoms with Crippen molar-refractivity contribution >= 4 is 0 Å². The zero-order chi connectivity index (χ0) is 24.2. The van der Waals surface area contributed by atoms with Crippen molar-refractivity contribution < 1.29 is 15.3 Å².